The highest BCUT2D eigenvalue weighted by Crippen LogP contribution is 2.28. The summed E-state index contributed by atoms with van der Waals surface area (Å²) >= 11 is 9.50. The first-order chi connectivity index (χ1) is 8.52. The van der Waals surface area contributed by atoms with Gasteiger partial charge in [-0.2, -0.15) is 0 Å². The molecule has 18 heavy (non-hydrogen) atoms. The molecular formula is C13H19BrClNO2. The van der Waals surface area contributed by atoms with Crippen LogP contribution < -0.4 is 10.1 Å². The van der Waals surface area contributed by atoms with Crippen LogP contribution in [0.3, 0.4) is 0 Å². The highest BCUT2D eigenvalue weighted by Gasteiger charge is 2.13. The van der Waals surface area contributed by atoms with Gasteiger partial charge in [-0.3, -0.25) is 0 Å². The Balaban J connectivity index is 2.66. The zero-order valence-electron chi connectivity index (χ0n) is 10.9. The molecule has 0 heterocycles. The van der Waals surface area contributed by atoms with E-state index in [1.165, 1.54) is 0 Å². The molecule has 0 aliphatic rings. The van der Waals surface area contributed by atoms with Crippen molar-refractivity contribution in [1.82, 2.24) is 5.32 Å². The molecule has 0 aliphatic carbocycles. The Labute approximate surface area is 122 Å². The van der Waals surface area contributed by atoms with Gasteiger partial charge in [0.05, 0.1) is 11.6 Å². The molecule has 0 fully saturated rings. The van der Waals surface area contributed by atoms with Crippen molar-refractivity contribution in [3.05, 3.63) is 27.7 Å². The van der Waals surface area contributed by atoms with E-state index in [0.29, 0.717) is 30.0 Å². The fourth-order valence-corrected chi connectivity index (χ4v) is 1.94. The maximum atomic E-state index is 6.10. The van der Waals surface area contributed by atoms with E-state index in [9.17, 15) is 0 Å². The molecule has 1 rings (SSSR count). The number of nitrogens with one attached hydrogen (secondary N) is 1. The number of halogens is 2. The van der Waals surface area contributed by atoms with Gasteiger partial charge in [0.2, 0.25) is 0 Å². The van der Waals surface area contributed by atoms with Gasteiger partial charge >= 0.3 is 0 Å². The molecule has 0 radical (unpaired) electrons. The van der Waals surface area contributed by atoms with Crippen LogP contribution in [-0.4, -0.2) is 32.4 Å². The Bertz CT molecular complexity index is 374. The molecule has 1 unspecified atom stereocenters. The lowest BCUT2D eigenvalue weighted by Crippen LogP contribution is -2.38. The summed E-state index contributed by atoms with van der Waals surface area (Å²) in [7, 11) is 1.66. The Morgan fingerprint density at radius 3 is 2.72 bits per heavy atom. The highest BCUT2D eigenvalue weighted by molar-refractivity contribution is 9.10. The van der Waals surface area contributed by atoms with E-state index in [-0.39, 0.29) is 6.10 Å². The molecule has 0 saturated heterocycles. The maximum Gasteiger partial charge on any atom is 0.139 e. The van der Waals surface area contributed by atoms with Gasteiger partial charge in [-0.15, -0.1) is 0 Å². The van der Waals surface area contributed by atoms with Gasteiger partial charge in [0.15, 0.2) is 0 Å². The quantitative estimate of drug-likeness (QED) is 0.827. The van der Waals surface area contributed by atoms with Crippen molar-refractivity contribution in [1.29, 1.82) is 0 Å². The topological polar surface area (TPSA) is 30.5 Å². The monoisotopic (exact) mass is 335 g/mol. The second-order valence-corrected chi connectivity index (χ2v) is 5.66. The number of ether oxygens (including phenoxy) is 2. The van der Waals surface area contributed by atoms with Crippen molar-refractivity contribution in [2.45, 2.75) is 26.0 Å². The number of methoxy groups -OCH3 is 1. The second-order valence-electron chi connectivity index (χ2n) is 4.33. The largest absolute Gasteiger partial charge is 0.485 e. The predicted molar refractivity (Wildman–Crippen MR) is 78.6 cm³/mol. The Kier molecular flexibility index (Phi) is 7.00. The molecule has 1 N–H and O–H groups in total. The van der Waals surface area contributed by atoms with Crippen LogP contribution in [0.25, 0.3) is 0 Å². The first kappa shape index (κ1) is 15.8. The fraction of sp³-hybridized carbons (Fsp3) is 0.538. The molecule has 0 aliphatic heterocycles. The minimum atomic E-state index is -0.0656. The van der Waals surface area contributed by atoms with E-state index >= 15 is 0 Å². The Morgan fingerprint density at radius 2 is 2.11 bits per heavy atom. The molecule has 5 heteroatoms. The zero-order chi connectivity index (χ0) is 13.5. The molecule has 0 spiro atoms. The second kappa shape index (κ2) is 8.00. The van der Waals surface area contributed by atoms with Crippen molar-refractivity contribution in [2.24, 2.45) is 0 Å². The number of hydrogen-bond acceptors (Lipinski definition) is 3. The molecule has 0 amide bonds. The van der Waals surface area contributed by atoms with Crippen LogP contribution in [0.2, 0.25) is 5.02 Å². The fourth-order valence-electron chi connectivity index (χ4n) is 1.43. The first-order valence-corrected chi connectivity index (χ1v) is 7.04. The van der Waals surface area contributed by atoms with Gasteiger partial charge < -0.3 is 14.8 Å². The first-order valence-electron chi connectivity index (χ1n) is 5.87. The van der Waals surface area contributed by atoms with Crippen molar-refractivity contribution < 1.29 is 9.47 Å². The van der Waals surface area contributed by atoms with Gasteiger partial charge in [-0.05, 0) is 18.2 Å². The lowest BCUT2D eigenvalue weighted by molar-refractivity contribution is 0.0794. The van der Waals surface area contributed by atoms with Gasteiger partial charge in [-0.1, -0.05) is 41.4 Å². The van der Waals surface area contributed by atoms with Crippen LogP contribution in [0, 0.1) is 0 Å². The summed E-state index contributed by atoms with van der Waals surface area (Å²) in [5.41, 5.74) is 0. The normalized spacial score (nSPS) is 12.8. The number of benzene rings is 1. The molecule has 1 atom stereocenters. The molecule has 1 aromatic carbocycles. The highest BCUT2D eigenvalue weighted by atomic mass is 79.9. The van der Waals surface area contributed by atoms with E-state index < -0.39 is 0 Å². The standard InChI is InChI=1S/C13H19BrClNO2/c1-9(2)16-7-11(8-17-3)18-13-6-10(14)4-5-12(13)15/h4-6,9,11,16H,7-8H2,1-3H3. The molecule has 3 nitrogen and oxygen atoms in total. The summed E-state index contributed by atoms with van der Waals surface area (Å²) < 4.78 is 12.0. The Morgan fingerprint density at radius 1 is 1.39 bits per heavy atom. The van der Waals surface area contributed by atoms with Crippen molar-refractivity contribution in [3.63, 3.8) is 0 Å². The van der Waals surface area contributed by atoms with Gasteiger partial charge in [0, 0.05) is 24.2 Å². The molecule has 0 bridgehead atoms. The summed E-state index contributed by atoms with van der Waals surface area (Å²) in [5, 5.41) is 3.93. The van der Waals surface area contributed by atoms with Crippen LogP contribution in [0.15, 0.2) is 22.7 Å². The predicted octanol–water partition coefficient (Wildman–Crippen LogP) is 3.49. The summed E-state index contributed by atoms with van der Waals surface area (Å²) in [5.74, 6) is 0.665. The van der Waals surface area contributed by atoms with E-state index in [4.69, 9.17) is 21.1 Å². The van der Waals surface area contributed by atoms with Gasteiger partial charge in [0.1, 0.15) is 11.9 Å². The van der Waals surface area contributed by atoms with Crippen molar-refractivity contribution in [2.75, 3.05) is 20.3 Å². The summed E-state index contributed by atoms with van der Waals surface area (Å²) in [6.45, 7) is 5.42. The summed E-state index contributed by atoms with van der Waals surface area (Å²) in [6.07, 6.45) is -0.0656. The lowest BCUT2D eigenvalue weighted by atomic mass is 10.3. The Hall–Kier alpha value is -0.290. The number of hydrogen-bond donors (Lipinski definition) is 1. The van der Waals surface area contributed by atoms with Crippen LogP contribution in [0.1, 0.15) is 13.8 Å². The summed E-state index contributed by atoms with van der Waals surface area (Å²) in [4.78, 5) is 0. The third-order valence-corrected chi connectivity index (χ3v) is 3.10. The summed E-state index contributed by atoms with van der Waals surface area (Å²) in [6, 6.07) is 5.96. The van der Waals surface area contributed by atoms with Crippen LogP contribution in [0.5, 0.6) is 5.75 Å². The lowest BCUT2D eigenvalue weighted by Gasteiger charge is -2.21. The molecular weight excluding hydrogens is 318 g/mol. The smallest absolute Gasteiger partial charge is 0.139 e. The SMILES string of the molecule is COCC(CNC(C)C)Oc1cc(Br)ccc1Cl. The molecule has 0 saturated carbocycles. The van der Waals surface area contributed by atoms with Crippen LogP contribution in [0.4, 0.5) is 0 Å². The molecule has 0 aromatic heterocycles. The zero-order valence-corrected chi connectivity index (χ0v) is 13.2. The van der Waals surface area contributed by atoms with Gasteiger partial charge in [-0.25, -0.2) is 0 Å². The maximum absolute atomic E-state index is 6.10. The van der Waals surface area contributed by atoms with Crippen molar-refractivity contribution in [3.8, 4) is 5.75 Å². The third kappa shape index (κ3) is 5.57. The van der Waals surface area contributed by atoms with Crippen LogP contribution >= 0.6 is 27.5 Å². The van der Waals surface area contributed by atoms with E-state index in [0.717, 1.165) is 4.47 Å². The molecule has 1 aromatic rings. The average Bonchev–Trinajstić information content (AvgIpc) is 2.31. The minimum absolute atomic E-state index is 0.0656. The van der Waals surface area contributed by atoms with Crippen LogP contribution in [-0.2, 0) is 4.74 Å². The van der Waals surface area contributed by atoms with Crippen molar-refractivity contribution >= 4 is 27.5 Å². The molecule has 102 valence electrons. The van der Waals surface area contributed by atoms with E-state index in [1.54, 1.807) is 13.2 Å². The minimum Gasteiger partial charge on any atom is -0.485 e. The van der Waals surface area contributed by atoms with E-state index in [1.807, 2.05) is 12.1 Å². The van der Waals surface area contributed by atoms with E-state index in [2.05, 4.69) is 35.1 Å². The third-order valence-electron chi connectivity index (χ3n) is 2.29. The average molecular weight is 337 g/mol. The number of rotatable bonds is 7. The van der Waals surface area contributed by atoms with Gasteiger partial charge in [0.25, 0.3) is 0 Å².